The summed E-state index contributed by atoms with van der Waals surface area (Å²) in [6, 6.07) is 2.42. The molecular weight excluding hydrogens is 268 g/mol. The van der Waals surface area contributed by atoms with Gasteiger partial charge in [0.2, 0.25) is 5.91 Å². The highest BCUT2D eigenvalue weighted by Gasteiger charge is 2.35. The van der Waals surface area contributed by atoms with Gasteiger partial charge in [-0.1, -0.05) is 27.7 Å². The normalized spacial score (nSPS) is 20.3. The molecule has 1 fully saturated rings. The molecular formula is C16H28N2OS. The van der Waals surface area contributed by atoms with Crippen LogP contribution in [0.3, 0.4) is 0 Å². The van der Waals surface area contributed by atoms with Crippen molar-refractivity contribution in [3.63, 3.8) is 0 Å². The highest BCUT2D eigenvalue weighted by Crippen LogP contribution is 2.34. The first-order chi connectivity index (χ1) is 9.21. The number of amides is 1. The molecule has 1 aliphatic heterocycles. The molecule has 1 rings (SSSR count). The number of piperidine rings is 1. The minimum absolute atomic E-state index is 0.259. The Bertz CT molecular complexity index is 373. The van der Waals surface area contributed by atoms with Crippen molar-refractivity contribution in [2.75, 3.05) is 19.3 Å². The Balaban J connectivity index is 2.46. The molecule has 114 valence electrons. The summed E-state index contributed by atoms with van der Waals surface area (Å²) in [7, 11) is 0. The first kappa shape index (κ1) is 17.4. The van der Waals surface area contributed by atoms with Gasteiger partial charge in [-0.3, -0.25) is 4.79 Å². The van der Waals surface area contributed by atoms with E-state index in [1.807, 2.05) is 11.2 Å². The van der Waals surface area contributed by atoms with Crippen molar-refractivity contribution < 1.29 is 4.79 Å². The number of nitrogens with zero attached hydrogens (tertiary/aromatic N) is 2. The van der Waals surface area contributed by atoms with Crippen molar-refractivity contribution in [2.45, 2.75) is 58.1 Å². The smallest absolute Gasteiger partial charge is 0.222 e. The molecule has 3 nitrogen and oxygen atoms in total. The lowest BCUT2D eigenvalue weighted by Crippen LogP contribution is -2.44. The zero-order valence-corrected chi connectivity index (χ0v) is 14.3. The molecule has 0 aromatic heterocycles. The summed E-state index contributed by atoms with van der Waals surface area (Å²) < 4.78 is -0.270. The van der Waals surface area contributed by atoms with Gasteiger partial charge in [0, 0.05) is 19.5 Å². The zero-order valence-electron chi connectivity index (χ0n) is 13.5. The van der Waals surface area contributed by atoms with Crippen molar-refractivity contribution in [1.82, 2.24) is 4.90 Å². The van der Waals surface area contributed by atoms with Crippen LogP contribution in [0, 0.1) is 22.7 Å². The van der Waals surface area contributed by atoms with E-state index >= 15 is 0 Å². The lowest BCUT2D eigenvalue weighted by Gasteiger charge is -2.36. The molecule has 0 aromatic carbocycles. The van der Waals surface area contributed by atoms with Gasteiger partial charge in [-0.05, 0) is 36.9 Å². The average molecular weight is 296 g/mol. The molecule has 1 heterocycles. The van der Waals surface area contributed by atoms with Crippen LogP contribution in [0.1, 0.15) is 53.4 Å². The van der Waals surface area contributed by atoms with E-state index in [2.05, 4.69) is 33.8 Å². The van der Waals surface area contributed by atoms with Gasteiger partial charge in [0.05, 0.1) is 6.07 Å². The van der Waals surface area contributed by atoms with Gasteiger partial charge in [-0.2, -0.15) is 5.26 Å². The second-order valence-electron chi connectivity index (χ2n) is 7.27. The number of rotatable bonds is 4. The maximum Gasteiger partial charge on any atom is 0.222 e. The Morgan fingerprint density at radius 3 is 2.35 bits per heavy atom. The number of thioether (sulfide) groups is 1. The number of nitriles is 1. The zero-order chi connectivity index (χ0) is 15.4. The molecule has 1 saturated heterocycles. The monoisotopic (exact) mass is 296 g/mol. The van der Waals surface area contributed by atoms with Crippen molar-refractivity contribution in [3.8, 4) is 6.07 Å². The molecule has 0 N–H and O–H groups in total. The number of hydrogen-bond donors (Lipinski definition) is 0. The third kappa shape index (κ3) is 5.01. The number of likely N-dealkylation sites (tertiary alicyclic amines) is 1. The molecule has 0 aromatic rings. The molecule has 0 bridgehead atoms. The molecule has 0 saturated carbocycles. The summed E-state index contributed by atoms with van der Waals surface area (Å²) in [6.45, 7) is 10.3. The second kappa shape index (κ2) is 6.85. The van der Waals surface area contributed by atoms with Crippen LogP contribution in [0.2, 0.25) is 0 Å². The fraction of sp³-hybridized carbons (Fsp3) is 0.875. The van der Waals surface area contributed by atoms with Gasteiger partial charge in [-0.25, -0.2) is 0 Å². The number of carbonyl (C=O) groups is 1. The quantitative estimate of drug-likeness (QED) is 0.794. The summed E-state index contributed by atoms with van der Waals surface area (Å²) in [5.41, 5.74) is 0.274. The Morgan fingerprint density at radius 2 is 1.95 bits per heavy atom. The van der Waals surface area contributed by atoms with Crippen molar-refractivity contribution in [3.05, 3.63) is 0 Å². The Hall–Kier alpha value is -0.690. The van der Waals surface area contributed by atoms with E-state index in [-0.39, 0.29) is 16.1 Å². The summed E-state index contributed by atoms with van der Waals surface area (Å²) in [5, 5.41) is 9.27. The van der Waals surface area contributed by atoms with E-state index in [0.29, 0.717) is 12.3 Å². The molecule has 1 unspecified atom stereocenters. The van der Waals surface area contributed by atoms with Crippen LogP contribution in [0.5, 0.6) is 0 Å². The van der Waals surface area contributed by atoms with Gasteiger partial charge >= 0.3 is 0 Å². The third-order valence-electron chi connectivity index (χ3n) is 4.00. The topological polar surface area (TPSA) is 44.1 Å². The summed E-state index contributed by atoms with van der Waals surface area (Å²) in [4.78, 5) is 14.3. The minimum Gasteiger partial charge on any atom is -0.343 e. The highest BCUT2D eigenvalue weighted by atomic mass is 32.2. The molecule has 4 heteroatoms. The summed E-state index contributed by atoms with van der Waals surface area (Å²) >= 11 is 1.63. The molecule has 0 aliphatic carbocycles. The average Bonchev–Trinajstić information content (AvgIpc) is 2.36. The predicted octanol–water partition coefficient (Wildman–Crippen LogP) is 3.70. The van der Waals surface area contributed by atoms with Crippen LogP contribution in [0.15, 0.2) is 0 Å². The van der Waals surface area contributed by atoms with Crippen LogP contribution < -0.4 is 0 Å². The van der Waals surface area contributed by atoms with Gasteiger partial charge in [0.15, 0.2) is 0 Å². The van der Waals surface area contributed by atoms with E-state index < -0.39 is 0 Å². The maximum absolute atomic E-state index is 12.3. The standard InChI is InChI=1S/C16H28N2OS/c1-13(11-15(2,3)4)10-14(19)18-8-6-16(12-17,20-5)7-9-18/h13H,6-11H2,1-5H3. The van der Waals surface area contributed by atoms with Crippen molar-refractivity contribution >= 4 is 17.7 Å². The van der Waals surface area contributed by atoms with Crippen LogP contribution in [-0.2, 0) is 4.79 Å². The number of carbonyl (C=O) groups excluding carboxylic acids is 1. The maximum atomic E-state index is 12.3. The van der Waals surface area contributed by atoms with Gasteiger partial charge < -0.3 is 4.90 Å². The van der Waals surface area contributed by atoms with E-state index in [9.17, 15) is 10.1 Å². The molecule has 0 radical (unpaired) electrons. The van der Waals surface area contributed by atoms with Gasteiger partial charge in [0.1, 0.15) is 4.75 Å². The molecule has 1 atom stereocenters. The third-order valence-corrected chi connectivity index (χ3v) is 5.28. The molecule has 20 heavy (non-hydrogen) atoms. The lowest BCUT2D eigenvalue weighted by molar-refractivity contribution is -0.133. The fourth-order valence-corrected chi connectivity index (χ4v) is 3.71. The first-order valence-corrected chi connectivity index (χ1v) is 8.68. The largest absolute Gasteiger partial charge is 0.343 e. The van der Waals surface area contributed by atoms with Crippen LogP contribution in [0.4, 0.5) is 0 Å². The second-order valence-corrected chi connectivity index (χ2v) is 8.45. The van der Waals surface area contributed by atoms with E-state index in [0.717, 1.165) is 32.4 Å². The van der Waals surface area contributed by atoms with Crippen LogP contribution in [-0.4, -0.2) is 34.9 Å². The van der Waals surface area contributed by atoms with Crippen LogP contribution in [0.25, 0.3) is 0 Å². The van der Waals surface area contributed by atoms with Gasteiger partial charge in [-0.15, -0.1) is 11.8 Å². The minimum atomic E-state index is -0.270. The summed E-state index contributed by atoms with van der Waals surface area (Å²) in [5.74, 6) is 0.681. The Labute approximate surface area is 128 Å². The van der Waals surface area contributed by atoms with E-state index in [1.165, 1.54) is 0 Å². The summed E-state index contributed by atoms with van der Waals surface area (Å²) in [6.07, 6.45) is 5.29. The fourth-order valence-electron chi connectivity index (χ4n) is 3.02. The van der Waals surface area contributed by atoms with Crippen molar-refractivity contribution in [2.24, 2.45) is 11.3 Å². The van der Waals surface area contributed by atoms with Crippen LogP contribution >= 0.6 is 11.8 Å². The Kier molecular flexibility index (Phi) is 5.94. The predicted molar refractivity (Wildman–Crippen MR) is 85.5 cm³/mol. The number of hydrogen-bond acceptors (Lipinski definition) is 3. The lowest BCUT2D eigenvalue weighted by atomic mass is 9.84. The van der Waals surface area contributed by atoms with E-state index in [4.69, 9.17) is 0 Å². The molecule has 1 aliphatic rings. The SMILES string of the molecule is CSC1(C#N)CCN(C(=O)CC(C)CC(C)(C)C)CC1. The van der Waals surface area contributed by atoms with E-state index in [1.54, 1.807) is 11.8 Å². The highest BCUT2D eigenvalue weighted by molar-refractivity contribution is 8.00. The van der Waals surface area contributed by atoms with Crippen molar-refractivity contribution in [1.29, 1.82) is 5.26 Å². The molecule has 0 spiro atoms. The molecule has 1 amide bonds. The van der Waals surface area contributed by atoms with Gasteiger partial charge in [0.25, 0.3) is 0 Å². The Morgan fingerprint density at radius 1 is 1.40 bits per heavy atom. The first-order valence-electron chi connectivity index (χ1n) is 7.45.